The quantitative estimate of drug-likeness (QED) is 0.728. The molecule has 0 amide bonds. The van der Waals surface area contributed by atoms with Crippen molar-refractivity contribution in [3.05, 3.63) is 60.8 Å². The summed E-state index contributed by atoms with van der Waals surface area (Å²) in [6.07, 6.45) is 4.70. The summed E-state index contributed by atoms with van der Waals surface area (Å²) in [6, 6.07) is 16.6. The van der Waals surface area contributed by atoms with Crippen LogP contribution in [0.5, 0.6) is 5.75 Å². The molecule has 0 saturated carbocycles. The molecular weight excluding hydrogens is 390 g/mol. The zero-order chi connectivity index (χ0) is 22.5. The minimum Gasteiger partial charge on any atom is -0.495 e. The standard InChI is InChI=1S/C19H20N2O.C6H13NO2/c1-4-21(2)18-14-17(11-12-19(18)22-3)16-9-7-15(8-10-16)6-5-13-20;8-6-5-7-3-1-2-4-9-6/h4,7-12,14H,1,5-6H2,2-3H3;6-8H,1-5H2. The van der Waals surface area contributed by atoms with Gasteiger partial charge >= 0.3 is 0 Å². The summed E-state index contributed by atoms with van der Waals surface area (Å²) in [6.45, 7) is 6.07. The van der Waals surface area contributed by atoms with E-state index in [4.69, 9.17) is 19.8 Å². The second-order valence-corrected chi connectivity index (χ2v) is 7.27. The van der Waals surface area contributed by atoms with E-state index >= 15 is 0 Å². The van der Waals surface area contributed by atoms with Crippen molar-refractivity contribution in [1.82, 2.24) is 5.32 Å². The normalized spacial score (nSPS) is 16.0. The van der Waals surface area contributed by atoms with E-state index in [1.54, 1.807) is 13.3 Å². The van der Waals surface area contributed by atoms with Crippen LogP contribution in [-0.4, -0.2) is 45.3 Å². The topological polar surface area (TPSA) is 77.8 Å². The highest BCUT2D eigenvalue weighted by molar-refractivity contribution is 5.73. The maximum Gasteiger partial charge on any atom is 0.167 e. The monoisotopic (exact) mass is 423 g/mol. The first kappa shape index (κ1) is 24.4. The van der Waals surface area contributed by atoms with Crippen LogP contribution >= 0.6 is 0 Å². The van der Waals surface area contributed by atoms with Crippen LogP contribution in [0.25, 0.3) is 11.1 Å². The fourth-order valence-corrected chi connectivity index (χ4v) is 3.16. The molecule has 3 rings (SSSR count). The number of hydrogen-bond donors (Lipinski definition) is 2. The van der Waals surface area contributed by atoms with Crippen molar-refractivity contribution < 1.29 is 14.6 Å². The van der Waals surface area contributed by atoms with Crippen LogP contribution in [-0.2, 0) is 11.2 Å². The molecule has 1 heterocycles. The number of nitrogens with one attached hydrogen (secondary N) is 1. The molecule has 1 aliphatic heterocycles. The molecule has 2 aromatic carbocycles. The van der Waals surface area contributed by atoms with Crippen molar-refractivity contribution in [2.24, 2.45) is 0 Å². The Morgan fingerprint density at radius 3 is 2.68 bits per heavy atom. The number of benzene rings is 2. The maximum absolute atomic E-state index is 8.93. The van der Waals surface area contributed by atoms with E-state index in [1.807, 2.05) is 24.1 Å². The van der Waals surface area contributed by atoms with Gasteiger partial charge in [-0.25, -0.2) is 0 Å². The Kier molecular flexibility index (Phi) is 10.6. The van der Waals surface area contributed by atoms with Gasteiger partial charge in [-0.1, -0.05) is 36.9 Å². The van der Waals surface area contributed by atoms with Gasteiger partial charge in [-0.2, -0.15) is 5.26 Å². The number of rotatable bonds is 6. The minimum absolute atomic E-state index is 0.552. The number of aliphatic hydroxyl groups excluding tert-OH is 1. The molecule has 1 fully saturated rings. The fourth-order valence-electron chi connectivity index (χ4n) is 3.16. The van der Waals surface area contributed by atoms with E-state index in [2.05, 4.69) is 48.3 Å². The highest BCUT2D eigenvalue weighted by atomic mass is 16.6. The molecule has 2 N–H and O–H groups in total. The van der Waals surface area contributed by atoms with Crippen molar-refractivity contribution in [2.75, 3.05) is 38.8 Å². The van der Waals surface area contributed by atoms with Crippen LogP contribution in [0.1, 0.15) is 24.8 Å². The summed E-state index contributed by atoms with van der Waals surface area (Å²) in [4.78, 5) is 1.93. The van der Waals surface area contributed by atoms with Crippen molar-refractivity contribution in [1.29, 1.82) is 5.26 Å². The Labute approximate surface area is 185 Å². The number of nitrogens with zero attached hydrogens (tertiary/aromatic N) is 2. The fraction of sp³-hybridized carbons (Fsp3) is 0.400. The van der Waals surface area contributed by atoms with E-state index < -0.39 is 6.29 Å². The Balaban J connectivity index is 0.000000316. The van der Waals surface area contributed by atoms with E-state index in [9.17, 15) is 0 Å². The molecule has 0 bridgehead atoms. The lowest BCUT2D eigenvalue weighted by molar-refractivity contribution is -0.101. The highest BCUT2D eigenvalue weighted by Gasteiger charge is 2.09. The number of aliphatic hydroxyl groups is 1. The average Bonchev–Trinajstić information content (AvgIpc) is 2.80. The molecule has 0 aromatic heterocycles. The van der Waals surface area contributed by atoms with Crippen LogP contribution in [0.4, 0.5) is 5.69 Å². The smallest absolute Gasteiger partial charge is 0.167 e. The number of methoxy groups -OCH3 is 1. The zero-order valence-electron chi connectivity index (χ0n) is 18.5. The number of aryl methyl sites for hydroxylation is 1. The number of ether oxygens (including phenoxy) is 2. The molecule has 1 saturated heterocycles. The summed E-state index contributed by atoms with van der Waals surface area (Å²) in [5, 5.41) is 20.6. The molecule has 31 heavy (non-hydrogen) atoms. The molecule has 1 aliphatic rings. The van der Waals surface area contributed by atoms with Gasteiger partial charge in [0.1, 0.15) is 5.75 Å². The van der Waals surface area contributed by atoms with Gasteiger partial charge < -0.3 is 24.8 Å². The molecule has 2 aromatic rings. The predicted octanol–water partition coefficient (Wildman–Crippen LogP) is 4.10. The summed E-state index contributed by atoms with van der Waals surface area (Å²) in [7, 11) is 3.61. The van der Waals surface area contributed by atoms with E-state index in [-0.39, 0.29) is 0 Å². The van der Waals surface area contributed by atoms with E-state index in [1.165, 1.54) is 5.56 Å². The first-order valence-corrected chi connectivity index (χ1v) is 10.6. The first-order chi connectivity index (χ1) is 15.1. The number of β-amino-alcohol motifs (C(OH)–C–C–N with tert-alkyl or cyclic N) is 1. The van der Waals surface area contributed by atoms with Crippen molar-refractivity contribution in [3.63, 3.8) is 0 Å². The van der Waals surface area contributed by atoms with E-state index in [0.717, 1.165) is 48.4 Å². The molecule has 166 valence electrons. The Bertz CT molecular complexity index is 838. The second-order valence-electron chi connectivity index (χ2n) is 7.27. The Morgan fingerprint density at radius 1 is 1.26 bits per heavy atom. The first-order valence-electron chi connectivity index (χ1n) is 10.6. The van der Waals surface area contributed by atoms with Crippen molar-refractivity contribution in [2.45, 2.75) is 32.0 Å². The Morgan fingerprint density at radius 2 is 2.00 bits per heavy atom. The molecular formula is C25H33N3O3. The molecule has 0 spiro atoms. The van der Waals surface area contributed by atoms with Gasteiger partial charge in [0.25, 0.3) is 0 Å². The van der Waals surface area contributed by atoms with E-state index in [0.29, 0.717) is 19.6 Å². The predicted molar refractivity (Wildman–Crippen MR) is 125 cm³/mol. The van der Waals surface area contributed by atoms with Crippen molar-refractivity contribution in [3.8, 4) is 22.9 Å². The lowest BCUT2D eigenvalue weighted by Crippen LogP contribution is -2.32. The summed E-state index contributed by atoms with van der Waals surface area (Å²) in [5.41, 5.74) is 4.42. The summed E-state index contributed by atoms with van der Waals surface area (Å²) >= 11 is 0. The van der Waals surface area contributed by atoms with Crippen LogP contribution < -0.4 is 15.0 Å². The van der Waals surface area contributed by atoms with Gasteiger partial charge in [0.05, 0.1) is 18.9 Å². The molecule has 1 unspecified atom stereocenters. The van der Waals surface area contributed by atoms with Gasteiger partial charge in [0.2, 0.25) is 0 Å². The number of hydrogen-bond acceptors (Lipinski definition) is 6. The lowest BCUT2D eigenvalue weighted by Gasteiger charge is -2.18. The highest BCUT2D eigenvalue weighted by Crippen LogP contribution is 2.33. The third kappa shape index (κ3) is 8.06. The lowest BCUT2D eigenvalue weighted by atomic mass is 10.0. The molecule has 6 heteroatoms. The van der Waals surface area contributed by atoms with Gasteiger partial charge in [-0.05, 0) is 60.8 Å². The van der Waals surface area contributed by atoms with Crippen LogP contribution in [0.15, 0.2) is 55.2 Å². The summed E-state index contributed by atoms with van der Waals surface area (Å²) < 4.78 is 10.4. The van der Waals surface area contributed by atoms with Gasteiger partial charge in [0.15, 0.2) is 6.29 Å². The van der Waals surface area contributed by atoms with Gasteiger partial charge in [-0.3, -0.25) is 0 Å². The largest absolute Gasteiger partial charge is 0.495 e. The third-order valence-electron chi connectivity index (χ3n) is 5.02. The number of anilines is 1. The van der Waals surface area contributed by atoms with Gasteiger partial charge in [0, 0.05) is 26.6 Å². The SMILES string of the molecule is C=CN(C)c1cc(-c2ccc(CCC#N)cc2)ccc1OC.OC1CNCCCCO1. The van der Waals surface area contributed by atoms with Crippen LogP contribution in [0.3, 0.4) is 0 Å². The molecule has 0 aliphatic carbocycles. The molecule has 0 radical (unpaired) electrons. The van der Waals surface area contributed by atoms with Crippen molar-refractivity contribution >= 4 is 5.69 Å². The molecule has 6 nitrogen and oxygen atoms in total. The Hall–Kier alpha value is -2.85. The maximum atomic E-state index is 8.93. The zero-order valence-corrected chi connectivity index (χ0v) is 18.5. The van der Waals surface area contributed by atoms with Gasteiger partial charge in [-0.15, -0.1) is 0 Å². The average molecular weight is 424 g/mol. The minimum atomic E-state index is -0.592. The van der Waals surface area contributed by atoms with Crippen LogP contribution in [0.2, 0.25) is 0 Å². The number of nitriles is 1. The third-order valence-corrected chi connectivity index (χ3v) is 5.02. The second kappa shape index (κ2) is 13.5. The van der Waals surface area contributed by atoms with Crippen LogP contribution in [0, 0.1) is 11.3 Å². The molecule has 1 atom stereocenters. The summed E-state index contributed by atoms with van der Waals surface area (Å²) in [5.74, 6) is 0.816.